The standard InChI is InChI=1S/C13H18N4O/c1-8(2)18-12-5-4-10(6-9(12)3)11-7-17(15)13(14)16-11/h4-8H,15H2,1-3H3,(H2,14,16). The highest BCUT2D eigenvalue weighted by molar-refractivity contribution is 5.63. The van der Waals surface area contributed by atoms with Crippen molar-refractivity contribution in [2.75, 3.05) is 11.6 Å². The van der Waals surface area contributed by atoms with Crippen molar-refractivity contribution in [1.29, 1.82) is 0 Å². The fourth-order valence-corrected chi connectivity index (χ4v) is 1.74. The van der Waals surface area contributed by atoms with Crippen LogP contribution in [0.15, 0.2) is 24.4 Å². The molecule has 0 radical (unpaired) electrons. The van der Waals surface area contributed by atoms with Gasteiger partial charge in [-0.25, -0.2) is 9.66 Å². The van der Waals surface area contributed by atoms with Crippen LogP contribution in [0.5, 0.6) is 5.75 Å². The lowest BCUT2D eigenvalue weighted by atomic mass is 10.1. The van der Waals surface area contributed by atoms with Crippen LogP contribution < -0.4 is 16.3 Å². The van der Waals surface area contributed by atoms with Crippen LogP contribution >= 0.6 is 0 Å². The van der Waals surface area contributed by atoms with Gasteiger partial charge in [-0.1, -0.05) is 0 Å². The molecular weight excluding hydrogens is 228 g/mol. The van der Waals surface area contributed by atoms with E-state index < -0.39 is 0 Å². The van der Waals surface area contributed by atoms with Crippen LogP contribution in [0.4, 0.5) is 5.95 Å². The number of nitrogen functional groups attached to an aromatic ring is 2. The number of rotatable bonds is 3. The monoisotopic (exact) mass is 246 g/mol. The van der Waals surface area contributed by atoms with Crippen LogP contribution in [0, 0.1) is 6.92 Å². The molecule has 0 bridgehead atoms. The van der Waals surface area contributed by atoms with Crippen molar-refractivity contribution in [2.24, 2.45) is 0 Å². The van der Waals surface area contributed by atoms with E-state index >= 15 is 0 Å². The van der Waals surface area contributed by atoms with Gasteiger partial charge >= 0.3 is 0 Å². The quantitative estimate of drug-likeness (QED) is 0.811. The third-order valence-electron chi connectivity index (χ3n) is 2.59. The summed E-state index contributed by atoms with van der Waals surface area (Å²) in [5.74, 6) is 6.80. The summed E-state index contributed by atoms with van der Waals surface area (Å²) in [5, 5.41) is 0. The maximum absolute atomic E-state index is 5.69. The molecule has 5 nitrogen and oxygen atoms in total. The van der Waals surface area contributed by atoms with E-state index in [0.717, 1.165) is 22.6 Å². The number of nitrogens with zero attached hydrogens (tertiary/aromatic N) is 2. The van der Waals surface area contributed by atoms with Crippen molar-refractivity contribution >= 4 is 5.95 Å². The Labute approximate surface area is 106 Å². The van der Waals surface area contributed by atoms with Gasteiger partial charge in [-0.15, -0.1) is 0 Å². The molecule has 0 unspecified atom stereocenters. The minimum Gasteiger partial charge on any atom is -0.491 e. The van der Waals surface area contributed by atoms with E-state index in [-0.39, 0.29) is 6.10 Å². The molecule has 5 heteroatoms. The summed E-state index contributed by atoms with van der Waals surface area (Å²) in [6.45, 7) is 6.01. The van der Waals surface area contributed by atoms with Gasteiger partial charge in [0, 0.05) is 5.56 Å². The topological polar surface area (TPSA) is 79.1 Å². The van der Waals surface area contributed by atoms with E-state index in [1.807, 2.05) is 39.0 Å². The molecule has 0 amide bonds. The maximum Gasteiger partial charge on any atom is 0.219 e. The molecule has 0 aliphatic carbocycles. The summed E-state index contributed by atoms with van der Waals surface area (Å²) in [4.78, 5) is 4.19. The number of ether oxygens (including phenoxy) is 1. The number of anilines is 1. The van der Waals surface area contributed by atoms with Crippen molar-refractivity contribution in [2.45, 2.75) is 26.9 Å². The summed E-state index contributed by atoms with van der Waals surface area (Å²) >= 11 is 0. The van der Waals surface area contributed by atoms with Gasteiger partial charge in [-0.3, -0.25) is 0 Å². The van der Waals surface area contributed by atoms with E-state index in [9.17, 15) is 0 Å². The van der Waals surface area contributed by atoms with Crippen LogP contribution in [0.3, 0.4) is 0 Å². The second kappa shape index (κ2) is 4.60. The summed E-state index contributed by atoms with van der Waals surface area (Å²) in [6.07, 6.45) is 1.86. The number of hydrogen-bond donors (Lipinski definition) is 2. The second-order valence-corrected chi connectivity index (χ2v) is 4.54. The fourth-order valence-electron chi connectivity index (χ4n) is 1.74. The lowest BCUT2D eigenvalue weighted by molar-refractivity contribution is 0.241. The Bertz CT molecular complexity index is 541. The predicted octanol–water partition coefficient (Wildman–Crippen LogP) is 1.94. The summed E-state index contributed by atoms with van der Waals surface area (Å²) < 4.78 is 7.00. The molecule has 1 heterocycles. The maximum atomic E-state index is 5.69. The Hall–Kier alpha value is -2.17. The molecule has 2 aromatic rings. The minimum atomic E-state index is 0.161. The first-order valence-corrected chi connectivity index (χ1v) is 5.85. The zero-order valence-corrected chi connectivity index (χ0v) is 10.8. The Morgan fingerprint density at radius 3 is 2.56 bits per heavy atom. The number of benzene rings is 1. The van der Waals surface area contributed by atoms with Crippen molar-refractivity contribution < 1.29 is 4.74 Å². The van der Waals surface area contributed by atoms with E-state index in [4.69, 9.17) is 16.3 Å². The van der Waals surface area contributed by atoms with E-state index in [1.54, 1.807) is 6.20 Å². The molecule has 0 atom stereocenters. The zero-order chi connectivity index (χ0) is 13.3. The van der Waals surface area contributed by atoms with E-state index in [0.29, 0.717) is 5.95 Å². The zero-order valence-electron chi connectivity index (χ0n) is 10.8. The summed E-state index contributed by atoms with van der Waals surface area (Å²) in [6, 6.07) is 5.91. The van der Waals surface area contributed by atoms with Crippen molar-refractivity contribution in [3.05, 3.63) is 30.0 Å². The van der Waals surface area contributed by atoms with E-state index in [1.165, 1.54) is 4.68 Å². The van der Waals surface area contributed by atoms with Gasteiger partial charge in [-0.05, 0) is 44.5 Å². The Morgan fingerprint density at radius 2 is 2.06 bits per heavy atom. The lowest BCUT2D eigenvalue weighted by Gasteiger charge is -2.12. The molecule has 96 valence electrons. The third kappa shape index (κ3) is 2.40. The SMILES string of the molecule is Cc1cc(-c2cn(N)c(N)n2)ccc1OC(C)C. The van der Waals surface area contributed by atoms with Crippen LogP contribution in [0.2, 0.25) is 0 Å². The van der Waals surface area contributed by atoms with Crippen LogP contribution in [0.1, 0.15) is 19.4 Å². The lowest BCUT2D eigenvalue weighted by Crippen LogP contribution is -2.09. The second-order valence-electron chi connectivity index (χ2n) is 4.54. The van der Waals surface area contributed by atoms with E-state index in [2.05, 4.69) is 4.98 Å². The number of hydrogen-bond acceptors (Lipinski definition) is 4. The number of aryl methyl sites for hydroxylation is 1. The molecule has 1 aromatic heterocycles. The number of nitrogens with two attached hydrogens (primary N) is 2. The van der Waals surface area contributed by atoms with Crippen LogP contribution in [0.25, 0.3) is 11.3 Å². The first-order chi connectivity index (χ1) is 8.47. The van der Waals surface area contributed by atoms with Gasteiger partial charge in [0.2, 0.25) is 5.95 Å². The molecule has 0 aliphatic rings. The van der Waals surface area contributed by atoms with Gasteiger partial charge in [-0.2, -0.15) is 0 Å². The van der Waals surface area contributed by atoms with Crippen LogP contribution in [-0.4, -0.2) is 15.8 Å². The first-order valence-electron chi connectivity index (χ1n) is 5.85. The molecule has 0 saturated carbocycles. The molecule has 1 aromatic carbocycles. The molecule has 2 rings (SSSR count). The Kier molecular flexibility index (Phi) is 3.14. The fraction of sp³-hybridized carbons (Fsp3) is 0.308. The molecule has 0 saturated heterocycles. The Balaban J connectivity index is 2.33. The highest BCUT2D eigenvalue weighted by Crippen LogP contribution is 2.26. The average Bonchev–Trinajstić information content (AvgIpc) is 2.62. The highest BCUT2D eigenvalue weighted by Gasteiger charge is 2.08. The van der Waals surface area contributed by atoms with Gasteiger partial charge in [0.05, 0.1) is 18.0 Å². The molecule has 0 spiro atoms. The highest BCUT2D eigenvalue weighted by atomic mass is 16.5. The van der Waals surface area contributed by atoms with Crippen LogP contribution in [-0.2, 0) is 0 Å². The number of aromatic nitrogens is 2. The normalized spacial score (nSPS) is 10.9. The van der Waals surface area contributed by atoms with Crippen molar-refractivity contribution in [1.82, 2.24) is 9.66 Å². The van der Waals surface area contributed by atoms with Gasteiger partial charge < -0.3 is 16.3 Å². The average molecular weight is 246 g/mol. The minimum absolute atomic E-state index is 0.161. The smallest absolute Gasteiger partial charge is 0.219 e. The predicted molar refractivity (Wildman–Crippen MR) is 72.7 cm³/mol. The molecule has 4 N–H and O–H groups in total. The first kappa shape index (κ1) is 12.3. The van der Waals surface area contributed by atoms with Gasteiger partial charge in [0.1, 0.15) is 5.75 Å². The molecular formula is C13H18N4O. The van der Waals surface area contributed by atoms with Gasteiger partial charge in [0.25, 0.3) is 0 Å². The number of imidazole rings is 1. The molecule has 18 heavy (non-hydrogen) atoms. The van der Waals surface area contributed by atoms with Crippen molar-refractivity contribution in [3.63, 3.8) is 0 Å². The molecule has 0 aliphatic heterocycles. The van der Waals surface area contributed by atoms with Crippen molar-refractivity contribution in [3.8, 4) is 17.0 Å². The largest absolute Gasteiger partial charge is 0.491 e. The third-order valence-corrected chi connectivity index (χ3v) is 2.59. The summed E-state index contributed by atoms with van der Waals surface area (Å²) in [7, 11) is 0. The molecule has 0 fully saturated rings. The summed E-state index contributed by atoms with van der Waals surface area (Å²) in [5.41, 5.74) is 8.41. The van der Waals surface area contributed by atoms with Gasteiger partial charge in [0.15, 0.2) is 0 Å². The Morgan fingerprint density at radius 1 is 1.33 bits per heavy atom.